The van der Waals surface area contributed by atoms with Gasteiger partial charge < -0.3 is 4.74 Å². The first-order chi connectivity index (χ1) is 7.86. The van der Waals surface area contributed by atoms with Crippen LogP contribution in [0.5, 0.6) is 5.75 Å². The SMILES string of the molecule is Cc1ccccc1OC(CCl)C(=O)C(C)(C)C. The predicted molar refractivity (Wildman–Crippen MR) is 70.8 cm³/mol. The van der Waals surface area contributed by atoms with E-state index in [1.54, 1.807) is 0 Å². The van der Waals surface area contributed by atoms with Gasteiger partial charge in [-0.15, -0.1) is 11.6 Å². The Bertz CT molecular complexity index is 393. The Balaban J connectivity index is 2.85. The van der Waals surface area contributed by atoms with Crippen LogP contribution in [-0.2, 0) is 4.79 Å². The van der Waals surface area contributed by atoms with Crippen molar-refractivity contribution in [3.05, 3.63) is 29.8 Å². The third-order valence-electron chi connectivity index (χ3n) is 2.53. The van der Waals surface area contributed by atoms with E-state index in [9.17, 15) is 4.79 Å². The molecule has 1 unspecified atom stereocenters. The quantitative estimate of drug-likeness (QED) is 0.768. The molecule has 1 atom stereocenters. The molecule has 0 saturated carbocycles. The lowest BCUT2D eigenvalue weighted by Crippen LogP contribution is -2.38. The zero-order chi connectivity index (χ0) is 13.1. The molecule has 17 heavy (non-hydrogen) atoms. The molecule has 0 aliphatic heterocycles. The first-order valence-corrected chi connectivity index (χ1v) is 6.22. The van der Waals surface area contributed by atoms with Crippen molar-refractivity contribution in [3.8, 4) is 5.75 Å². The summed E-state index contributed by atoms with van der Waals surface area (Å²) < 4.78 is 5.70. The van der Waals surface area contributed by atoms with Gasteiger partial charge in [0.25, 0.3) is 0 Å². The third-order valence-corrected chi connectivity index (χ3v) is 2.81. The highest BCUT2D eigenvalue weighted by molar-refractivity contribution is 6.20. The number of rotatable bonds is 4. The minimum absolute atomic E-state index is 0.0238. The average molecular weight is 255 g/mol. The molecule has 0 aromatic heterocycles. The van der Waals surface area contributed by atoms with Crippen molar-refractivity contribution in [2.24, 2.45) is 5.41 Å². The number of ether oxygens (including phenoxy) is 1. The van der Waals surface area contributed by atoms with E-state index < -0.39 is 11.5 Å². The number of hydrogen-bond acceptors (Lipinski definition) is 2. The van der Waals surface area contributed by atoms with Crippen LogP contribution in [-0.4, -0.2) is 17.8 Å². The zero-order valence-electron chi connectivity index (χ0n) is 10.8. The van der Waals surface area contributed by atoms with Gasteiger partial charge in [0.05, 0.1) is 5.88 Å². The van der Waals surface area contributed by atoms with E-state index in [2.05, 4.69) is 0 Å². The fraction of sp³-hybridized carbons (Fsp3) is 0.500. The Labute approximate surface area is 108 Å². The Morgan fingerprint density at radius 1 is 1.35 bits per heavy atom. The number of carbonyl (C=O) groups excluding carboxylic acids is 1. The van der Waals surface area contributed by atoms with E-state index in [4.69, 9.17) is 16.3 Å². The molecule has 0 radical (unpaired) electrons. The zero-order valence-corrected chi connectivity index (χ0v) is 11.5. The molecular formula is C14H19ClO2. The number of benzene rings is 1. The third kappa shape index (κ3) is 3.74. The van der Waals surface area contributed by atoms with E-state index in [1.165, 1.54) is 0 Å². The minimum atomic E-state index is -0.585. The summed E-state index contributed by atoms with van der Waals surface area (Å²) in [6.07, 6.45) is -0.585. The van der Waals surface area contributed by atoms with Gasteiger partial charge in [0.15, 0.2) is 11.9 Å². The summed E-state index contributed by atoms with van der Waals surface area (Å²) in [5.41, 5.74) is 0.562. The molecule has 0 spiro atoms. The first kappa shape index (κ1) is 14.0. The lowest BCUT2D eigenvalue weighted by molar-refractivity contribution is -0.132. The number of para-hydroxylation sites is 1. The second kappa shape index (κ2) is 5.54. The van der Waals surface area contributed by atoms with Crippen LogP contribution < -0.4 is 4.74 Å². The maximum absolute atomic E-state index is 12.1. The maximum Gasteiger partial charge on any atom is 0.179 e. The largest absolute Gasteiger partial charge is 0.481 e. The number of aryl methyl sites for hydroxylation is 1. The number of carbonyl (C=O) groups is 1. The number of ketones is 1. The molecule has 0 aliphatic carbocycles. The highest BCUT2D eigenvalue weighted by atomic mass is 35.5. The molecule has 3 heteroatoms. The molecule has 0 aliphatic rings. The lowest BCUT2D eigenvalue weighted by Gasteiger charge is -2.24. The topological polar surface area (TPSA) is 26.3 Å². The van der Waals surface area contributed by atoms with Gasteiger partial charge in [0.2, 0.25) is 0 Å². The molecule has 1 aromatic rings. The Hall–Kier alpha value is -1.02. The summed E-state index contributed by atoms with van der Waals surface area (Å²) in [6.45, 7) is 7.56. The molecule has 2 nitrogen and oxygen atoms in total. The Morgan fingerprint density at radius 2 is 1.94 bits per heavy atom. The van der Waals surface area contributed by atoms with Gasteiger partial charge in [-0.1, -0.05) is 39.0 Å². The fourth-order valence-electron chi connectivity index (χ4n) is 1.48. The van der Waals surface area contributed by atoms with Gasteiger partial charge in [-0.25, -0.2) is 0 Å². The van der Waals surface area contributed by atoms with Crippen LogP contribution in [0.15, 0.2) is 24.3 Å². The van der Waals surface area contributed by atoms with Gasteiger partial charge in [0.1, 0.15) is 5.75 Å². The summed E-state index contributed by atoms with van der Waals surface area (Å²) in [7, 11) is 0. The molecular weight excluding hydrogens is 236 g/mol. The van der Waals surface area contributed by atoms with E-state index in [1.807, 2.05) is 52.0 Å². The van der Waals surface area contributed by atoms with Crippen molar-refractivity contribution >= 4 is 17.4 Å². The summed E-state index contributed by atoms with van der Waals surface area (Å²) in [6, 6.07) is 7.62. The molecule has 1 rings (SSSR count). The van der Waals surface area contributed by atoms with E-state index >= 15 is 0 Å². The molecule has 0 N–H and O–H groups in total. The number of hydrogen-bond donors (Lipinski definition) is 0. The van der Waals surface area contributed by atoms with Crippen molar-refractivity contribution in [3.63, 3.8) is 0 Å². The van der Waals surface area contributed by atoms with Crippen molar-refractivity contribution in [1.29, 1.82) is 0 Å². The molecule has 0 heterocycles. The molecule has 0 amide bonds. The van der Waals surface area contributed by atoms with E-state index in [0.29, 0.717) is 0 Å². The van der Waals surface area contributed by atoms with Crippen LogP contribution in [0.3, 0.4) is 0 Å². The molecule has 0 bridgehead atoms. The maximum atomic E-state index is 12.1. The molecule has 94 valence electrons. The van der Waals surface area contributed by atoms with Crippen molar-refractivity contribution in [2.75, 3.05) is 5.88 Å². The van der Waals surface area contributed by atoms with Crippen LogP contribution in [0.2, 0.25) is 0 Å². The number of halogens is 1. The molecule has 0 fully saturated rings. The molecule has 1 aromatic carbocycles. The molecule has 0 saturated heterocycles. The van der Waals surface area contributed by atoms with E-state index in [-0.39, 0.29) is 11.7 Å². The van der Waals surface area contributed by atoms with Crippen LogP contribution in [0, 0.1) is 12.3 Å². The Kier molecular flexibility index (Phi) is 4.58. The van der Waals surface area contributed by atoms with Crippen LogP contribution >= 0.6 is 11.6 Å². The normalized spacial score (nSPS) is 13.2. The summed E-state index contributed by atoms with van der Waals surface area (Å²) in [5, 5.41) is 0. The van der Waals surface area contributed by atoms with Crippen LogP contribution in [0.25, 0.3) is 0 Å². The summed E-state index contributed by atoms with van der Waals surface area (Å²) >= 11 is 5.82. The van der Waals surface area contributed by atoms with Gasteiger partial charge >= 0.3 is 0 Å². The van der Waals surface area contributed by atoms with Gasteiger partial charge in [-0.05, 0) is 18.6 Å². The lowest BCUT2D eigenvalue weighted by atomic mass is 9.88. The first-order valence-electron chi connectivity index (χ1n) is 5.69. The second-order valence-corrected chi connectivity index (χ2v) is 5.45. The van der Waals surface area contributed by atoms with Crippen molar-refractivity contribution in [1.82, 2.24) is 0 Å². The highest BCUT2D eigenvalue weighted by Gasteiger charge is 2.30. The number of alkyl halides is 1. The van der Waals surface area contributed by atoms with E-state index in [0.717, 1.165) is 11.3 Å². The standard InChI is InChI=1S/C14H19ClO2/c1-10-7-5-6-8-11(10)17-12(9-15)13(16)14(2,3)4/h5-8,12H,9H2,1-4H3. The summed E-state index contributed by atoms with van der Waals surface area (Å²) in [5.74, 6) is 0.913. The second-order valence-electron chi connectivity index (χ2n) is 5.14. The van der Waals surface area contributed by atoms with Crippen molar-refractivity contribution in [2.45, 2.75) is 33.8 Å². The highest BCUT2D eigenvalue weighted by Crippen LogP contribution is 2.23. The fourth-order valence-corrected chi connectivity index (χ4v) is 1.68. The Morgan fingerprint density at radius 3 is 2.41 bits per heavy atom. The van der Waals surface area contributed by atoms with Crippen LogP contribution in [0.1, 0.15) is 26.3 Å². The average Bonchev–Trinajstić information content (AvgIpc) is 2.26. The summed E-state index contributed by atoms with van der Waals surface area (Å²) in [4.78, 5) is 12.1. The minimum Gasteiger partial charge on any atom is -0.481 e. The van der Waals surface area contributed by atoms with Gasteiger partial charge in [0, 0.05) is 5.41 Å². The van der Waals surface area contributed by atoms with Crippen LogP contribution in [0.4, 0.5) is 0 Å². The van der Waals surface area contributed by atoms with Crippen molar-refractivity contribution < 1.29 is 9.53 Å². The monoisotopic (exact) mass is 254 g/mol. The van der Waals surface area contributed by atoms with Gasteiger partial charge in [-0.3, -0.25) is 4.79 Å². The van der Waals surface area contributed by atoms with Gasteiger partial charge in [-0.2, -0.15) is 0 Å². The number of Topliss-reactive ketones (excluding diaryl/α,β-unsaturated/α-hetero) is 1. The predicted octanol–water partition coefficient (Wildman–Crippen LogP) is 3.60. The smallest absolute Gasteiger partial charge is 0.179 e.